The van der Waals surface area contributed by atoms with Crippen molar-refractivity contribution in [2.75, 3.05) is 12.4 Å². The summed E-state index contributed by atoms with van der Waals surface area (Å²) in [7, 11) is 0. The SMILES string of the molecule is CCCCCCCCCCCCCC=C1CCCC(O)C1SCCC(=O)OCC. The first-order valence-corrected chi connectivity index (χ1v) is 13.4. The van der Waals surface area contributed by atoms with Crippen molar-refractivity contribution in [1.82, 2.24) is 0 Å². The van der Waals surface area contributed by atoms with Gasteiger partial charge in [0, 0.05) is 5.75 Å². The molecule has 1 fully saturated rings. The average molecular weight is 427 g/mol. The van der Waals surface area contributed by atoms with Gasteiger partial charge in [-0.05, 0) is 39.0 Å². The highest BCUT2D eigenvalue weighted by Gasteiger charge is 2.27. The molecule has 1 rings (SSSR count). The fourth-order valence-corrected chi connectivity index (χ4v) is 5.42. The van der Waals surface area contributed by atoms with Crippen LogP contribution in [0.1, 0.15) is 117 Å². The van der Waals surface area contributed by atoms with Crippen molar-refractivity contribution >= 4 is 17.7 Å². The van der Waals surface area contributed by atoms with E-state index in [1.807, 2.05) is 6.92 Å². The van der Waals surface area contributed by atoms with Crippen molar-refractivity contribution in [3.05, 3.63) is 11.6 Å². The van der Waals surface area contributed by atoms with E-state index in [4.69, 9.17) is 4.74 Å². The molecule has 0 radical (unpaired) electrons. The molecule has 3 nitrogen and oxygen atoms in total. The van der Waals surface area contributed by atoms with Crippen molar-refractivity contribution in [2.45, 2.75) is 128 Å². The quantitative estimate of drug-likeness (QED) is 0.152. The van der Waals surface area contributed by atoms with E-state index in [2.05, 4.69) is 13.0 Å². The molecule has 29 heavy (non-hydrogen) atoms. The van der Waals surface area contributed by atoms with Crippen LogP contribution in [0.5, 0.6) is 0 Å². The summed E-state index contributed by atoms with van der Waals surface area (Å²) in [6.45, 7) is 4.56. The van der Waals surface area contributed by atoms with E-state index in [0.29, 0.717) is 13.0 Å². The van der Waals surface area contributed by atoms with Crippen molar-refractivity contribution < 1.29 is 14.6 Å². The van der Waals surface area contributed by atoms with Gasteiger partial charge < -0.3 is 9.84 Å². The maximum absolute atomic E-state index is 11.5. The number of carbonyl (C=O) groups is 1. The normalized spacial score (nSPS) is 20.9. The molecule has 2 unspecified atom stereocenters. The average Bonchev–Trinajstić information content (AvgIpc) is 2.71. The van der Waals surface area contributed by atoms with Crippen molar-refractivity contribution in [3.63, 3.8) is 0 Å². The Morgan fingerprint density at radius 3 is 2.28 bits per heavy atom. The molecule has 0 amide bonds. The number of ether oxygens (including phenoxy) is 1. The second-order valence-electron chi connectivity index (χ2n) is 8.41. The molecule has 1 aliphatic rings. The number of rotatable bonds is 17. The van der Waals surface area contributed by atoms with Crippen molar-refractivity contribution in [2.24, 2.45) is 0 Å². The monoisotopic (exact) mass is 426 g/mol. The minimum Gasteiger partial charge on any atom is -0.466 e. The first kappa shape index (κ1) is 26.6. The van der Waals surface area contributed by atoms with Crippen LogP contribution in [0, 0.1) is 0 Å². The standard InChI is InChI=1S/C25H46O3S/c1-3-5-6-7-8-9-10-11-12-13-14-15-17-22-18-16-19-23(26)25(22)29-21-20-24(27)28-4-2/h17,23,25-26H,3-16,18-21H2,1-2H3. The summed E-state index contributed by atoms with van der Waals surface area (Å²) >= 11 is 1.73. The first-order chi connectivity index (χ1) is 14.2. The Balaban J connectivity index is 2.14. The van der Waals surface area contributed by atoms with Crippen LogP contribution in [0.3, 0.4) is 0 Å². The summed E-state index contributed by atoms with van der Waals surface area (Å²) < 4.78 is 5.00. The van der Waals surface area contributed by atoms with Gasteiger partial charge in [0.25, 0.3) is 0 Å². The van der Waals surface area contributed by atoms with Gasteiger partial charge in [0.15, 0.2) is 0 Å². The summed E-state index contributed by atoms with van der Waals surface area (Å²) in [6.07, 6.45) is 21.9. The van der Waals surface area contributed by atoms with E-state index in [1.54, 1.807) is 11.8 Å². The van der Waals surface area contributed by atoms with Gasteiger partial charge in [-0.3, -0.25) is 4.79 Å². The second-order valence-corrected chi connectivity index (χ2v) is 9.66. The van der Waals surface area contributed by atoms with Crippen LogP contribution in [0.4, 0.5) is 0 Å². The predicted molar refractivity (Wildman–Crippen MR) is 127 cm³/mol. The van der Waals surface area contributed by atoms with Crippen LogP contribution in [-0.4, -0.2) is 34.8 Å². The molecule has 1 N–H and O–H groups in total. The molecule has 2 atom stereocenters. The number of thioether (sulfide) groups is 1. The van der Waals surface area contributed by atoms with E-state index in [-0.39, 0.29) is 17.3 Å². The number of allylic oxidation sites excluding steroid dienone is 1. The highest BCUT2D eigenvalue weighted by Crippen LogP contribution is 2.34. The van der Waals surface area contributed by atoms with Crippen LogP contribution in [-0.2, 0) is 9.53 Å². The maximum Gasteiger partial charge on any atom is 0.306 e. The Morgan fingerprint density at radius 2 is 1.66 bits per heavy atom. The number of carbonyl (C=O) groups excluding carboxylic acids is 1. The predicted octanol–water partition coefficient (Wildman–Crippen LogP) is 7.21. The summed E-state index contributed by atoms with van der Waals surface area (Å²) in [5.41, 5.74) is 1.41. The lowest BCUT2D eigenvalue weighted by molar-refractivity contribution is -0.142. The third-order valence-electron chi connectivity index (χ3n) is 5.80. The Bertz CT molecular complexity index is 436. The molecule has 0 aromatic heterocycles. The highest BCUT2D eigenvalue weighted by molar-refractivity contribution is 8.00. The lowest BCUT2D eigenvalue weighted by Crippen LogP contribution is -2.29. The minimum atomic E-state index is -0.264. The van der Waals surface area contributed by atoms with Gasteiger partial charge in [-0.15, -0.1) is 0 Å². The summed E-state index contributed by atoms with van der Waals surface area (Å²) in [6, 6.07) is 0. The van der Waals surface area contributed by atoms with Gasteiger partial charge in [0.1, 0.15) is 0 Å². The van der Waals surface area contributed by atoms with E-state index in [0.717, 1.165) is 31.4 Å². The Labute approximate surface area is 184 Å². The van der Waals surface area contributed by atoms with Crippen LogP contribution in [0.15, 0.2) is 11.6 Å². The molecule has 0 aromatic rings. The van der Waals surface area contributed by atoms with Gasteiger partial charge in [0.2, 0.25) is 0 Å². The van der Waals surface area contributed by atoms with Crippen molar-refractivity contribution in [1.29, 1.82) is 0 Å². The lowest BCUT2D eigenvalue weighted by atomic mass is 9.91. The molecule has 0 heterocycles. The first-order valence-electron chi connectivity index (χ1n) is 12.3. The van der Waals surface area contributed by atoms with E-state index >= 15 is 0 Å². The lowest BCUT2D eigenvalue weighted by Gasteiger charge is -2.30. The molecular weight excluding hydrogens is 380 g/mol. The Morgan fingerprint density at radius 1 is 1.03 bits per heavy atom. The minimum absolute atomic E-state index is 0.128. The molecule has 1 aliphatic carbocycles. The number of aliphatic hydroxyl groups is 1. The van der Waals surface area contributed by atoms with Crippen LogP contribution >= 0.6 is 11.8 Å². The molecule has 4 heteroatoms. The largest absolute Gasteiger partial charge is 0.466 e. The summed E-state index contributed by atoms with van der Waals surface area (Å²) in [4.78, 5) is 11.5. The van der Waals surface area contributed by atoms with Gasteiger partial charge >= 0.3 is 5.97 Å². The van der Waals surface area contributed by atoms with E-state index < -0.39 is 0 Å². The molecule has 0 spiro atoms. The van der Waals surface area contributed by atoms with E-state index in [9.17, 15) is 9.90 Å². The smallest absolute Gasteiger partial charge is 0.306 e. The van der Waals surface area contributed by atoms with Gasteiger partial charge in [0.05, 0.1) is 24.4 Å². The number of unbranched alkanes of at least 4 members (excludes halogenated alkanes) is 11. The topological polar surface area (TPSA) is 46.5 Å². The highest BCUT2D eigenvalue weighted by atomic mass is 32.2. The molecular formula is C25H46O3S. The van der Waals surface area contributed by atoms with Crippen LogP contribution in [0.2, 0.25) is 0 Å². The van der Waals surface area contributed by atoms with E-state index in [1.165, 1.54) is 76.2 Å². The Kier molecular flexibility index (Phi) is 16.8. The number of hydrogen-bond donors (Lipinski definition) is 1. The van der Waals surface area contributed by atoms with Gasteiger partial charge in [-0.1, -0.05) is 82.8 Å². The number of esters is 1. The summed E-state index contributed by atoms with van der Waals surface area (Å²) in [5, 5.41) is 10.6. The fraction of sp³-hybridized carbons (Fsp3) is 0.880. The van der Waals surface area contributed by atoms with Gasteiger partial charge in [-0.25, -0.2) is 0 Å². The Hall–Kier alpha value is -0.480. The molecule has 1 saturated carbocycles. The number of hydrogen-bond acceptors (Lipinski definition) is 4. The molecule has 170 valence electrons. The summed E-state index contributed by atoms with van der Waals surface area (Å²) in [5.74, 6) is 0.605. The zero-order chi connectivity index (χ0) is 21.2. The molecule has 0 saturated heterocycles. The fourth-order valence-electron chi connectivity index (χ4n) is 4.09. The molecule has 0 aromatic carbocycles. The third kappa shape index (κ3) is 13.4. The zero-order valence-electron chi connectivity index (χ0n) is 19.1. The van der Waals surface area contributed by atoms with Crippen LogP contribution < -0.4 is 0 Å². The molecule has 0 bridgehead atoms. The third-order valence-corrected chi connectivity index (χ3v) is 7.22. The second kappa shape index (κ2) is 18.3. The molecule has 0 aliphatic heterocycles. The zero-order valence-corrected chi connectivity index (χ0v) is 19.9. The maximum atomic E-state index is 11.5. The van der Waals surface area contributed by atoms with Gasteiger partial charge in [-0.2, -0.15) is 11.8 Å². The number of aliphatic hydroxyl groups excluding tert-OH is 1. The van der Waals surface area contributed by atoms with Crippen LogP contribution in [0.25, 0.3) is 0 Å². The van der Waals surface area contributed by atoms with Crippen molar-refractivity contribution in [3.8, 4) is 0 Å².